The van der Waals surface area contributed by atoms with Gasteiger partial charge in [-0.05, 0) is 43.7 Å². The van der Waals surface area contributed by atoms with Crippen LogP contribution in [0, 0.1) is 5.92 Å². The van der Waals surface area contributed by atoms with Gasteiger partial charge in [0.15, 0.2) is 0 Å². The van der Waals surface area contributed by atoms with E-state index in [-0.39, 0.29) is 11.9 Å². The zero-order valence-corrected chi connectivity index (χ0v) is 14.4. The second kappa shape index (κ2) is 7.35. The van der Waals surface area contributed by atoms with Gasteiger partial charge in [-0.15, -0.1) is 0 Å². The number of nitrogens with zero attached hydrogens (tertiary/aromatic N) is 4. The van der Waals surface area contributed by atoms with Gasteiger partial charge < -0.3 is 5.32 Å². The van der Waals surface area contributed by atoms with Crippen LogP contribution in [0.2, 0.25) is 0 Å². The van der Waals surface area contributed by atoms with Gasteiger partial charge in [-0.25, -0.2) is 4.98 Å². The van der Waals surface area contributed by atoms with Gasteiger partial charge in [0.1, 0.15) is 12.7 Å². The highest BCUT2D eigenvalue weighted by Gasteiger charge is 2.34. The van der Waals surface area contributed by atoms with Crippen LogP contribution in [0.1, 0.15) is 37.3 Å². The van der Waals surface area contributed by atoms with E-state index >= 15 is 0 Å². The molecule has 0 unspecified atom stereocenters. The van der Waals surface area contributed by atoms with Crippen LogP contribution in [0.25, 0.3) is 0 Å². The maximum absolute atomic E-state index is 12.7. The van der Waals surface area contributed by atoms with Crippen molar-refractivity contribution in [2.24, 2.45) is 5.92 Å². The molecule has 1 saturated carbocycles. The van der Waals surface area contributed by atoms with Gasteiger partial charge in [-0.3, -0.25) is 14.4 Å². The summed E-state index contributed by atoms with van der Waals surface area (Å²) in [5.41, 5.74) is 1.22. The molecular weight excluding hydrogens is 314 g/mol. The predicted octanol–water partition coefficient (Wildman–Crippen LogP) is 2.01. The van der Waals surface area contributed by atoms with E-state index in [0.29, 0.717) is 18.5 Å². The van der Waals surface area contributed by atoms with Crippen molar-refractivity contribution in [1.82, 2.24) is 25.0 Å². The summed E-state index contributed by atoms with van der Waals surface area (Å²) in [5.74, 6) is 0.724. The number of amides is 1. The van der Waals surface area contributed by atoms with Gasteiger partial charge in [0.25, 0.3) is 0 Å². The first-order chi connectivity index (χ1) is 12.3. The largest absolute Gasteiger partial charge is 0.348 e. The third kappa shape index (κ3) is 4.07. The van der Waals surface area contributed by atoms with Gasteiger partial charge >= 0.3 is 0 Å². The first-order valence-corrected chi connectivity index (χ1v) is 9.20. The lowest BCUT2D eigenvalue weighted by Crippen LogP contribution is -2.42. The van der Waals surface area contributed by atoms with Crippen molar-refractivity contribution < 1.29 is 4.79 Å². The number of likely N-dealkylation sites (tertiary alicyclic amines) is 1. The first-order valence-electron chi connectivity index (χ1n) is 9.20. The number of carbonyl (C=O) groups excluding carboxylic acids is 1. The molecule has 2 aliphatic rings. The fraction of sp³-hybridized carbons (Fsp3) is 0.526. The molecule has 2 aromatic rings. The summed E-state index contributed by atoms with van der Waals surface area (Å²) < 4.78 is 1.86. The Morgan fingerprint density at radius 3 is 2.80 bits per heavy atom. The molecule has 6 nitrogen and oxygen atoms in total. The number of benzene rings is 1. The molecule has 0 radical (unpaired) electrons. The Morgan fingerprint density at radius 2 is 2.08 bits per heavy atom. The highest BCUT2D eigenvalue weighted by molar-refractivity contribution is 5.78. The van der Waals surface area contributed by atoms with Crippen molar-refractivity contribution in [3.63, 3.8) is 0 Å². The van der Waals surface area contributed by atoms with Gasteiger partial charge in [-0.2, -0.15) is 5.10 Å². The minimum atomic E-state index is 0.131. The number of aromatic nitrogens is 3. The van der Waals surface area contributed by atoms with E-state index in [4.69, 9.17) is 0 Å². The average molecular weight is 339 g/mol. The summed E-state index contributed by atoms with van der Waals surface area (Å²) in [7, 11) is 0. The summed E-state index contributed by atoms with van der Waals surface area (Å²) in [6.45, 7) is 2.25. The SMILES string of the molecule is O=C(CN1CCC[C@H]1Cn1cncn1)N[C@@H](c1ccccc1)C1CC1. The molecule has 132 valence electrons. The van der Waals surface area contributed by atoms with Crippen LogP contribution in [0.5, 0.6) is 0 Å². The number of nitrogens with one attached hydrogen (secondary N) is 1. The van der Waals surface area contributed by atoms with Crippen molar-refractivity contribution in [1.29, 1.82) is 0 Å². The van der Waals surface area contributed by atoms with Crippen LogP contribution in [0.4, 0.5) is 0 Å². The molecule has 6 heteroatoms. The third-order valence-electron chi connectivity index (χ3n) is 5.28. The fourth-order valence-corrected chi connectivity index (χ4v) is 3.82. The molecule has 1 aliphatic carbocycles. The zero-order valence-electron chi connectivity index (χ0n) is 14.4. The normalized spacial score (nSPS) is 22.0. The lowest BCUT2D eigenvalue weighted by atomic mass is 10.0. The Hall–Kier alpha value is -2.21. The maximum Gasteiger partial charge on any atom is 0.234 e. The number of hydrogen-bond acceptors (Lipinski definition) is 4. The van der Waals surface area contributed by atoms with Crippen molar-refractivity contribution in [2.45, 2.75) is 44.3 Å². The molecule has 1 aromatic carbocycles. The second-order valence-corrected chi connectivity index (χ2v) is 7.18. The first kappa shape index (κ1) is 16.3. The Balaban J connectivity index is 1.36. The number of hydrogen-bond donors (Lipinski definition) is 1. The van der Waals surface area contributed by atoms with Gasteiger partial charge in [0.05, 0.1) is 19.1 Å². The molecule has 2 fully saturated rings. The van der Waals surface area contributed by atoms with Crippen LogP contribution in [0.3, 0.4) is 0 Å². The van der Waals surface area contributed by atoms with Crippen molar-refractivity contribution in [3.05, 3.63) is 48.5 Å². The van der Waals surface area contributed by atoms with E-state index < -0.39 is 0 Å². The Morgan fingerprint density at radius 1 is 1.24 bits per heavy atom. The number of rotatable bonds is 7. The van der Waals surface area contributed by atoms with E-state index in [9.17, 15) is 4.79 Å². The average Bonchev–Trinajstić information content (AvgIpc) is 3.17. The Kier molecular flexibility index (Phi) is 4.78. The van der Waals surface area contributed by atoms with E-state index in [1.165, 1.54) is 18.4 Å². The van der Waals surface area contributed by atoms with E-state index in [1.54, 1.807) is 12.7 Å². The highest BCUT2D eigenvalue weighted by Crippen LogP contribution is 2.40. The summed E-state index contributed by atoms with van der Waals surface area (Å²) in [4.78, 5) is 19.0. The van der Waals surface area contributed by atoms with E-state index in [0.717, 1.165) is 25.9 Å². The molecule has 0 spiro atoms. The van der Waals surface area contributed by atoms with Crippen LogP contribution < -0.4 is 5.32 Å². The van der Waals surface area contributed by atoms with Crippen molar-refractivity contribution in [2.75, 3.05) is 13.1 Å². The molecule has 1 saturated heterocycles. The van der Waals surface area contributed by atoms with E-state index in [1.807, 2.05) is 22.9 Å². The molecule has 2 atom stereocenters. The minimum absolute atomic E-state index is 0.131. The smallest absolute Gasteiger partial charge is 0.234 e. The lowest BCUT2D eigenvalue weighted by Gasteiger charge is -2.25. The number of carbonyl (C=O) groups is 1. The molecule has 1 N–H and O–H groups in total. The van der Waals surface area contributed by atoms with Gasteiger partial charge in [0, 0.05) is 6.04 Å². The topological polar surface area (TPSA) is 63.1 Å². The molecule has 1 aromatic heterocycles. The second-order valence-electron chi connectivity index (χ2n) is 7.18. The summed E-state index contributed by atoms with van der Waals surface area (Å²) >= 11 is 0. The Labute approximate surface area is 148 Å². The summed E-state index contributed by atoms with van der Waals surface area (Å²) in [6.07, 6.45) is 7.97. The maximum atomic E-state index is 12.7. The zero-order chi connectivity index (χ0) is 17.1. The highest BCUT2D eigenvalue weighted by atomic mass is 16.2. The van der Waals surface area contributed by atoms with Crippen LogP contribution >= 0.6 is 0 Å². The molecule has 1 amide bonds. The van der Waals surface area contributed by atoms with Crippen molar-refractivity contribution >= 4 is 5.91 Å². The van der Waals surface area contributed by atoms with Crippen molar-refractivity contribution in [3.8, 4) is 0 Å². The standard InChI is InChI=1S/C19H25N5O/c25-18(22-19(16-8-9-16)15-5-2-1-3-6-15)12-23-10-4-7-17(23)11-24-14-20-13-21-24/h1-3,5-6,13-14,16-17,19H,4,7-12H2,(H,22,25)/t17-,19-/m0/s1. The molecule has 2 heterocycles. The van der Waals surface area contributed by atoms with Gasteiger partial charge in [0.2, 0.25) is 5.91 Å². The quantitative estimate of drug-likeness (QED) is 0.838. The van der Waals surface area contributed by atoms with Crippen LogP contribution in [-0.2, 0) is 11.3 Å². The lowest BCUT2D eigenvalue weighted by molar-refractivity contribution is -0.123. The summed E-state index contributed by atoms with van der Waals surface area (Å²) in [5, 5.41) is 7.48. The predicted molar refractivity (Wildman–Crippen MR) is 94.7 cm³/mol. The molecule has 1 aliphatic heterocycles. The minimum Gasteiger partial charge on any atom is -0.348 e. The summed E-state index contributed by atoms with van der Waals surface area (Å²) in [6, 6.07) is 10.9. The monoisotopic (exact) mass is 339 g/mol. The fourth-order valence-electron chi connectivity index (χ4n) is 3.82. The molecular formula is C19H25N5O. The van der Waals surface area contributed by atoms with E-state index in [2.05, 4.69) is 32.4 Å². The van der Waals surface area contributed by atoms with Crippen LogP contribution in [0.15, 0.2) is 43.0 Å². The van der Waals surface area contributed by atoms with Gasteiger partial charge in [-0.1, -0.05) is 30.3 Å². The molecule has 25 heavy (non-hydrogen) atoms. The van der Waals surface area contributed by atoms with Crippen LogP contribution in [-0.4, -0.2) is 44.7 Å². The molecule has 4 rings (SSSR count). The third-order valence-corrected chi connectivity index (χ3v) is 5.28. The molecule has 0 bridgehead atoms. The Bertz CT molecular complexity index is 683.